The lowest BCUT2D eigenvalue weighted by Gasteiger charge is -2.21. The molecule has 0 spiro atoms. The largest absolute Gasteiger partial charge is 0.586 e. The summed E-state index contributed by atoms with van der Waals surface area (Å²) in [5.74, 6) is -1.42. The number of carbonyl (C=O) groups is 1. The first-order valence-electron chi connectivity index (χ1n) is 12.1. The topological polar surface area (TPSA) is 108 Å². The molecule has 210 valence electrons. The molecule has 0 amide bonds. The number of nitrogens with zero attached hydrogens (tertiary/aromatic N) is 4. The zero-order valence-corrected chi connectivity index (χ0v) is 20.6. The Bertz CT molecular complexity index is 1550. The number of carboxylic acid groups (broad SMARTS) is 1. The number of halogens is 5. The summed E-state index contributed by atoms with van der Waals surface area (Å²) in [7, 11) is 0. The van der Waals surface area contributed by atoms with Crippen LogP contribution in [-0.2, 0) is 22.2 Å². The van der Waals surface area contributed by atoms with Crippen molar-refractivity contribution in [3.8, 4) is 23.1 Å². The molecule has 3 aromatic rings. The first-order chi connectivity index (χ1) is 18.9. The Hall–Kier alpha value is -4.43. The normalized spacial score (nSPS) is 19.7. The van der Waals surface area contributed by atoms with Gasteiger partial charge in [-0.05, 0) is 49.9 Å². The summed E-state index contributed by atoms with van der Waals surface area (Å²) in [6.07, 6.45) is -7.89. The molecule has 0 saturated carbocycles. The summed E-state index contributed by atoms with van der Waals surface area (Å²) in [5.41, 5.74) is -0.230. The van der Waals surface area contributed by atoms with Gasteiger partial charge in [-0.25, -0.2) is 14.5 Å². The third-order valence-corrected chi connectivity index (χ3v) is 6.64. The van der Waals surface area contributed by atoms with Gasteiger partial charge in [-0.3, -0.25) is 4.84 Å². The second-order valence-electron chi connectivity index (χ2n) is 9.38. The quantitative estimate of drug-likeness (QED) is 0.326. The first-order valence-corrected chi connectivity index (χ1v) is 12.1. The van der Waals surface area contributed by atoms with Crippen molar-refractivity contribution in [3.05, 3.63) is 59.0 Å². The van der Waals surface area contributed by atoms with Crippen LogP contribution in [0.25, 0.3) is 5.69 Å². The Labute approximate surface area is 222 Å². The fraction of sp³-hybridized carbons (Fsp3) is 0.360. The summed E-state index contributed by atoms with van der Waals surface area (Å²) in [4.78, 5) is 21.1. The summed E-state index contributed by atoms with van der Waals surface area (Å²) in [5, 5.41) is 13.0. The molecule has 0 saturated heterocycles. The molecule has 0 fully saturated rings. The number of benzene rings is 1. The number of aliphatic carboxylic acids is 1. The number of hydroxylamine groups is 1. The number of hydrogen-bond donors (Lipinski definition) is 1. The van der Waals surface area contributed by atoms with Crippen molar-refractivity contribution in [2.24, 2.45) is 0 Å². The van der Waals surface area contributed by atoms with Crippen LogP contribution in [0.1, 0.15) is 54.5 Å². The van der Waals surface area contributed by atoms with Gasteiger partial charge in [-0.15, -0.1) is 8.78 Å². The average Bonchev–Trinajstić information content (AvgIpc) is 3.41. The molecule has 6 rings (SSSR count). The van der Waals surface area contributed by atoms with E-state index in [0.29, 0.717) is 18.4 Å². The van der Waals surface area contributed by atoms with Crippen LogP contribution < -0.4 is 14.2 Å². The minimum atomic E-state index is -4.73. The summed E-state index contributed by atoms with van der Waals surface area (Å²) < 4.78 is 85.6. The van der Waals surface area contributed by atoms with Gasteiger partial charge in [0.1, 0.15) is 6.10 Å². The summed E-state index contributed by atoms with van der Waals surface area (Å²) in [6, 6.07) is 7.00. The molecule has 0 radical (unpaired) electrons. The van der Waals surface area contributed by atoms with E-state index in [2.05, 4.69) is 19.6 Å². The van der Waals surface area contributed by atoms with E-state index in [1.165, 1.54) is 36.5 Å². The lowest BCUT2D eigenvalue weighted by Crippen LogP contribution is -2.25. The van der Waals surface area contributed by atoms with Crippen molar-refractivity contribution >= 4 is 11.7 Å². The van der Waals surface area contributed by atoms with E-state index in [9.17, 15) is 26.7 Å². The number of alkyl halides is 5. The van der Waals surface area contributed by atoms with Gasteiger partial charge in [0.2, 0.25) is 12.0 Å². The maximum Gasteiger partial charge on any atom is 0.586 e. The Balaban J connectivity index is 1.31. The third-order valence-electron chi connectivity index (χ3n) is 6.64. The molecule has 0 bridgehead atoms. The van der Waals surface area contributed by atoms with Gasteiger partial charge in [-0.2, -0.15) is 18.3 Å². The molecule has 10 nitrogen and oxygen atoms in total. The Morgan fingerprint density at radius 3 is 2.73 bits per heavy atom. The predicted octanol–water partition coefficient (Wildman–Crippen LogP) is 4.61. The van der Waals surface area contributed by atoms with Crippen molar-refractivity contribution in [3.63, 3.8) is 0 Å². The molecule has 1 N–H and O–H groups in total. The fourth-order valence-electron chi connectivity index (χ4n) is 4.76. The van der Waals surface area contributed by atoms with Crippen LogP contribution in [0.2, 0.25) is 0 Å². The molecule has 2 unspecified atom stereocenters. The van der Waals surface area contributed by atoms with Gasteiger partial charge >= 0.3 is 24.2 Å². The number of hydrogen-bond acceptors (Lipinski definition) is 7. The zero-order valence-electron chi connectivity index (χ0n) is 20.6. The van der Waals surface area contributed by atoms with E-state index in [-0.39, 0.29) is 53.0 Å². The molecule has 2 aliphatic heterocycles. The lowest BCUT2D eigenvalue weighted by atomic mass is 9.93. The molecule has 3 aliphatic rings. The SMILES string of the molecule is CC(Oc1cc(-n2nc(C(F)(F)F)c3c2C(O[N+]2=C(C(=O)O)C2)CCC3)ccn1)c1ccc2c(c1)OC(F)(F)O2. The highest BCUT2D eigenvalue weighted by molar-refractivity contribution is 6.37. The highest BCUT2D eigenvalue weighted by Gasteiger charge is 2.49. The molecule has 2 atom stereocenters. The molecule has 15 heteroatoms. The van der Waals surface area contributed by atoms with Crippen LogP contribution in [0.15, 0.2) is 36.5 Å². The van der Waals surface area contributed by atoms with Gasteiger partial charge < -0.3 is 19.3 Å². The van der Waals surface area contributed by atoms with Gasteiger partial charge in [-0.1, -0.05) is 6.07 Å². The van der Waals surface area contributed by atoms with Gasteiger partial charge in [0, 0.05) is 22.6 Å². The number of pyridine rings is 1. The smallest absolute Gasteiger partial charge is 0.473 e. The highest BCUT2D eigenvalue weighted by atomic mass is 19.4. The number of carboxylic acids is 1. The van der Waals surface area contributed by atoms with Crippen LogP contribution in [0.5, 0.6) is 17.4 Å². The second-order valence-corrected chi connectivity index (χ2v) is 9.38. The molecular weight excluding hydrogens is 547 g/mol. The predicted molar refractivity (Wildman–Crippen MR) is 123 cm³/mol. The van der Waals surface area contributed by atoms with Crippen molar-refractivity contribution in [1.82, 2.24) is 14.8 Å². The highest BCUT2D eigenvalue weighted by Crippen LogP contribution is 2.44. The lowest BCUT2D eigenvalue weighted by molar-refractivity contribution is -0.743. The maximum absolute atomic E-state index is 13.9. The molecule has 1 aromatic carbocycles. The van der Waals surface area contributed by atoms with Gasteiger partial charge in [0.05, 0.1) is 11.4 Å². The van der Waals surface area contributed by atoms with E-state index in [4.69, 9.17) is 14.7 Å². The van der Waals surface area contributed by atoms with E-state index >= 15 is 0 Å². The number of ether oxygens (including phenoxy) is 3. The van der Waals surface area contributed by atoms with Crippen LogP contribution in [0.3, 0.4) is 0 Å². The average molecular weight is 567 g/mol. The maximum atomic E-state index is 13.9. The number of fused-ring (bicyclic) bond motifs is 2. The van der Waals surface area contributed by atoms with E-state index in [0.717, 1.165) is 9.42 Å². The van der Waals surface area contributed by atoms with Crippen molar-refractivity contribution < 1.29 is 55.6 Å². The van der Waals surface area contributed by atoms with Crippen LogP contribution >= 0.6 is 0 Å². The summed E-state index contributed by atoms with van der Waals surface area (Å²) in [6.45, 7) is 1.68. The number of aromatic nitrogens is 3. The van der Waals surface area contributed by atoms with Crippen LogP contribution in [0, 0.1) is 0 Å². The van der Waals surface area contributed by atoms with E-state index in [1.807, 2.05) is 0 Å². The summed E-state index contributed by atoms with van der Waals surface area (Å²) >= 11 is 0. The Morgan fingerprint density at radius 2 is 2.00 bits per heavy atom. The fourth-order valence-corrected chi connectivity index (χ4v) is 4.76. The molecule has 40 heavy (non-hydrogen) atoms. The van der Waals surface area contributed by atoms with Crippen molar-refractivity contribution in [1.29, 1.82) is 0 Å². The molecule has 2 aromatic heterocycles. The molecule has 4 heterocycles. The standard InChI is InChI=1S/C25H19F5N4O6/c1-12(13-5-6-17-19(9-13)39-25(29,30)38-17)37-20-10-14(7-8-31-20)34-21-15(22(32-34)24(26,27)28)3-2-4-18(21)40-33-11-16(33)23(35)36/h5-10,12,18H,2-4,11H2,1H3/p+1. The Morgan fingerprint density at radius 1 is 1.23 bits per heavy atom. The molecule has 1 aliphatic carbocycles. The second kappa shape index (κ2) is 9.06. The minimum Gasteiger partial charge on any atom is -0.473 e. The minimum absolute atomic E-state index is 0.00931. The Kier molecular flexibility index (Phi) is 5.85. The van der Waals surface area contributed by atoms with Gasteiger partial charge in [0.15, 0.2) is 17.2 Å². The third kappa shape index (κ3) is 4.75. The number of rotatable bonds is 7. The van der Waals surface area contributed by atoms with Crippen LogP contribution in [-0.4, -0.2) is 49.1 Å². The first kappa shape index (κ1) is 25.8. The zero-order chi connectivity index (χ0) is 28.4. The van der Waals surface area contributed by atoms with E-state index < -0.39 is 36.3 Å². The monoisotopic (exact) mass is 567 g/mol. The van der Waals surface area contributed by atoms with Crippen molar-refractivity contribution in [2.45, 2.75) is 50.9 Å². The molecular formula is C25H20F5N4O6+. The van der Waals surface area contributed by atoms with Gasteiger partial charge in [0.25, 0.3) is 6.54 Å². The van der Waals surface area contributed by atoms with Crippen molar-refractivity contribution in [2.75, 3.05) is 6.54 Å². The van der Waals surface area contributed by atoms with E-state index in [1.54, 1.807) is 6.92 Å². The van der Waals surface area contributed by atoms with Crippen LogP contribution in [0.4, 0.5) is 22.0 Å².